The average molecular weight is 470 g/mol. The largest absolute Gasteiger partial charge is 0.497 e. The number of hydrogen-bond acceptors (Lipinski definition) is 4. The SMILES string of the molecule is CCN(CC)C(=O)[C@H](NC(=O)c1ccc(OC)cc1)C1CCN(C(=O)c2ccc(F)cc2)CC1. The molecule has 1 fully saturated rings. The maximum atomic E-state index is 13.3. The molecule has 182 valence electrons. The molecule has 1 heterocycles. The fourth-order valence-corrected chi connectivity index (χ4v) is 4.29. The second kappa shape index (κ2) is 11.6. The lowest BCUT2D eigenvalue weighted by molar-refractivity contribution is -0.134. The van der Waals surface area contributed by atoms with Crippen molar-refractivity contribution < 1.29 is 23.5 Å². The Bertz CT molecular complexity index is 982. The van der Waals surface area contributed by atoms with Gasteiger partial charge in [0.1, 0.15) is 17.6 Å². The Kier molecular flexibility index (Phi) is 8.62. The number of amides is 3. The maximum Gasteiger partial charge on any atom is 0.253 e. The van der Waals surface area contributed by atoms with Gasteiger partial charge in [0.2, 0.25) is 5.91 Å². The maximum absolute atomic E-state index is 13.3. The third-order valence-electron chi connectivity index (χ3n) is 6.37. The highest BCUT2D eigenvalue weighted by atomic mass is 19.1. The van der Waals surface area contributed by atoms with E-state index < -0.39 is 6.04 Å². The van der Waals surface area contributed by atoms with Crippen molar-refractivity contribution in [3.63, 3.8) is 0 Å². The van der Waals surface area contributed by atoms with Crippen molar-refractivity contribution in [1.29, 1.82) is 0 Å². The van der Waals surface area contributed by atoms with Crippen molar-refractivity contribution in [2.75, 3.05) is 33.3 Å². The van der Waals surface area contributed by atoms with Crippen molar-refractivity contribution in [3.05, 3.63) is 65.5 Å². The third kappa shape index (κ3) is 5.92. The number of nitrogens with one attached hydrogen (secondary N) is 1. The predicted molar refractivity (Wildman–Crippen MR) is 127 cm³/mol. The summed E-state index contributed by atoms with van der Waals surface area (Å²) in [5, 5.41) is 2.96. The fourth-order valence-electron chi connectivity index (χ4n) is 4.29. The van der Waals surface area contributed by atoms with Crippen LogP contribution in [-0.4, -0.2) is 66.9 Å². The van der Waals surface area contributed by atoms with Gasteiger partial charge < -0.3 is 19.9 Å². The molecule has 8 heteroatoms. The van der Waals surface area contributed by atoms with Crippen LogP contribution in [-0.2, 0) is 4.79 Å². The van der Waals surface area contributed by atoms with Gasteiger partial charge in [-0.3, -0.25) is 14.4 Å². The van der Waals surface area contributed by atoms with Crippen LogP contribution < -0.4 is 10.1 Å². The van der Waals surface area contributed by atoms with Crippen LogP contribution in [0.2, 0.25) is 0 Å². The number of halogens is 1. The van der Waals surface area contributed by atoms with Crippen LogP contribution in [0.4, 0.5) is 4.39 Å². The standard InChI is InChI=1S/C26H32FN3O4/c1-4-29(5-2)26(33)23(28-24(31)19-8-12-22(34-3)13-9-19)18-14-16-30(17-15-18)25(32)20-6-10-21(27)11-7-20/h6-13,18,23H,4-5,14-17H2,1-3H3,(H,28,31)/t23-/m1/s1. The van der Waals surface area contributed by atoms with Crippen LogP contribution in [0.25, 0.3) is 0 Å². The van der Waals surface area contributed by atoms with Gasteiger partial charge in [-0.25, -0.2) is 4.39 Å². The van der Waals surface area contributed by atoms with Crippen molar-refractivity contribution in [2.45, 2.75) is 32.7 Å². The van der Waals surface area contributed by atoms with Crippen molar-refractivity contribution in [3.8, 4) is 5.75 Å². The molecule has 2 aromatic carbocycles. The van der Waals surface area contributed by atoms with E-state index in [1.165, 1.54) is 24.3 Å². The van der Waals surface area contributed by atoms with E-state index in [1.54, 1.807) is 41.2 Å². The van der Waals surface area contributed by atoms with E-state index in [2.05, 4.69) is 5.32 Å². The molecule has 1 aliphatic heterocycles. The number of rotatable bonds is 8. The van der Waals surface area contributed by atoms with E-state index >= 15 is 0 Å². The summed E-state index contributed by atoms with van der Waals surface area (Å²) in [4.78, 5) is 42.5. The Morgan fingerprint density at radius 2 is 1.56 bits per heavy atom. The Hall–Kier alpha value is -3.42. The summed E-state index contributed by atoms with van der Waals surface area (Å²) >= 11 is 0. The highest BCUT2D eigenvalue weighted by Crippen LogP contribution is 2.24. The first kappa shape index (κ1) is 25.2. The lowest BCUT2D eigenvalue weighted by Crippen LogP contribution is -2.54. The molecular formula is C26H32FN3O4. The van der Waals surface area contributed by atoms with Gasteiger partial charge in [-0.05, 0) is 81.1 Å². The molecule has 1 N–H and O–H groups in total. The number of piperidine rings is 1. The summed E-state index contributed by atoms with van der Waals surface area (Å²) in [6, 6.07) is 11.6. The predicted octanol–water partition coefficient (Wildman–Crippen LogP) is 3.35. The summed E-state index contributed by atoms with van der Waals surface area (Å²) in [5.74, 6) is -0.445. The molecule has 1 atom stereocenters. The first-order valence-electron chi connectivity index (χ1n) is 11.7. The van der Waals surface area contributed by atoms with Gasteiger partial charge >= 0.3 is 0 Å². The van der Waals surface area contributed by atoms with E-state index in [0.29, 0.717) is 55.9 Å². The summed E-state index contributed by atoms with van der Waals surface area (Å²) < 4.78 is 18.3. The highest BCUT2D eigenvalue weighted by Gasteiger charge is 2.35. The van der Waals surface area contributed by atoms with Gasteiger partial charge in [0, 0.05) is 37.3 Å². The number of likely N-dealkylation sites (N-methyl/N-ethyl adjacent to an activating group) is 1. The monoisotopic (exact) mass is 469 g/mol. The van der Waals surface area contributed by atoms with Gasteiger partial charge in [0.25, 0.3) is 11.8 Å². The topological polar surface area (TPSA) is 79.0 Å². The zero-order valence-corrected chi connectivity index (χ0v) is 19.9. The molecule has 0 bridgehead atoms. The lowest BCUT2D eigenvalue weighted by Gasteiger charge is -2.37. The summed E-state index contributed by atoms with van der Waals surface area (Å²) in [5.41, 5.74) is 0.880. The van der Waals surface area contributed by atoms with Gasteiger partial charge in [-0.15, -0.1) is 0 Å². The Morgan fingerprint density at radius 3 is 2.09 bits per heavy atom. The molecule has 0 aromatic heterocycles. The number of carbonyl (C=O) groups is 3. The molecule has 1 aliphatic rings. The normalized spacial score (nSPS) is 14.9. The smallest absolute Gasteiger partial charge is 0.253 e. The van der Waals surface area contributed by atoms with Crippen molar-refractivity contribution >= 4 is 17.7 Å². The van der Waals surface area contributed by atoms with Crippen LogP contribution in [0.15, 0.2) is 48.5 Å². The van der Waals surface area contributed by atoms with Gasteiger partial charge in [-0.2, -0.15) is 0 Å². The number of ether oxygens (including phenoxy) is 1. The number of carbonyl (C=O) groups excluding carboxylic acids is 3. The molecule has 0 radical (unpaired) electrons. The molecular weight excluding hydrogens is 437 g/mol. The van der Waals surface area contributed by atoms with Crippen LogP contribution in [0.1, 0.15) is 47.4 Å². The first-order chi connectivity index (χ1) is 16.4. The molecule has 0 spiro atoms. The van der Waals surface area contributed by atoms with Crippen LogP contribution in [0.3, 0.4) is 0 Å². The molecule has 34 heavy (non-hydrogen) atoms. The Labute approximate surface area is 199 Å². The zero-order valence-electron chi connectivity index (χ0n) is 19.9. The number of nitrogens with zero attached hydrogens (tertiary/aromatic N) is 2. The van der Waals surface area contributed by atoms with Gasteiger partial charge in [-0.1, -0.05) is 0 Å². The number of hydrogen-bond donors (Lipinski definition) is 1. The highest BCUT2D eigenvalue weighted by molar-refractivity contribution is 5.98. The zero-order chi connectivity index (χ0) is 24.7. The molecule has 7 nitrogen and oxygen atoms in total. The van der Waals surface area contributed by atoms with Crippen LogP contribution in [0, 0.1) is 11.7 Å². The molecule has 0 aliphatic carbocycles. The summed E-state index contributed by atoms with van der Waals surface area (Å²) in [7, 11) is 1.56. The minimum absolute atomic E-state index is 0.104. The van der Waals surface area contributed by atoms with Gasteiger partial charge in [0.05, 0.1) is 7.11 Å². The second-order valence-corrected chi connectivity index (χ2v) is 8.33. The molecule has 2 aromatic rings. The summed E-state index contributed by atoms with van der Waals surface area (Å²) in [6.45, 7) is 5.84. The van der Waals surface area contributed by atoms with E-state index in [-0.39, 0.29) is 29.5 Å². The van der Waals surface area contributed by atoms with E-state index in [4.69, 9.17) is 4.74 Å². The summed E-state index contributed by atoms with van der Waals surface area (Å²) in [6.07, 6.45) is 1.15. The molecule has 3 rings (SSSR count). The molecule has 1 saturated heterocycles. The number of likely N-dealkylation sites (tertiary alicyclic amines) is 1. The minimum Gasteiger partial charge on any atom is -0.497 e. The fraction of sp³-hybridized carbons (Fsp3) is 0.423. The van der Waals surface area contributed by atoms with E-state index in [0.717, 1.165) is 0 Å². The lowest BCUT2D eigenvalue weighted by atomic mass is 9.87. The molecule has 0 saturated carbocycles. The number of benzene rings is 2. The quantitative estimate of drug-likeness (QED) is 0.643. The second-order valence-electron chi connectivity index (χ2n) is 8.33. The average Bonchev–Trinajstić information content (AvgIpc) is 2.88. The Morgan fingerprint density at radius 1 is 1.00 bits per heavy atom. The third-order valence-corrected chi connectivity index (χ3v) is 6.37. The molecule has 3 amide bonds. The van der Waals surface area contributed by atoms with Crippen LogP contribution in [0.5, 0.6) is 5.75 Å². The van der Waals surface area contributed by atoms with Crippen molar-refractivity contribution in [2.24, 2.45) is 5.92 Å². The first-order valence-corrected chi connectivity index (χ1v) is 11.7. The van der Waals surface area contributed by atoms with E-state index in [1.807, 2.05) is 13.8 Å². The van der Waals surface area contributed by atoms with Crippen LogP contribution >= 0.6 is 0 Å². The van der Waals surface area contributed by atoms with Crippen molar-refractivity contribution in [1.82, 2.24) is 15.1 Å². The Balaban J connectivity index is 1.72. The number of methoxy groups -OCH3 is 1. The van der Waals surface area contributed by atoms with E-state index in [9.17, 15) is 18.8 Å². The molecule has 0 unspecified atom stereocenters. The minimum atomic E-state index is -0.683. The van der Waals surface area contributed by atoms with Gasteiger partial charge in [0.15, 0.2) is 0 Å².